The van der Waals surface area contributed by atoms with E-state index in [4.69, 9.17) is 18.9 Å². The van der Waals surface area contributed by atoms with Gasteiger partial charge in [0.2, 0.25) is 5.91 Å². The van der Waals surface area contributed by atoms with Gasteiger partial charge in [0.15, 0.2) is 12.6 Å². The van der Waals surface area contributed by atoms with Crippen molar-refractivity contribution < 1.29 is 74.8 Å². The molecule has 11 N–H and O–H groups in total. The molecule has 0 aromatic heterocycles. The van der Waals surface area contributed by atoms with E-state index in [1.165, 1.54) is 122 Å². The minimum atomic E-state index is -1.87. The molecule has 2 aliphatic rings. The van der Waals surface area contributed by atoms with Crippen LogP contribution >= 0.6 is 0 Å². The molecular formula is C51H99NO15. The summed E-state index contributed by atoms with van der Waals surface area (Å²) in [5.74, 6) is -0.774. The molecule has 14 unspecified atom stereocenters. The molecule has 2 rings (SSSR count). The number of hydrogen-bond donors (Lipinski definition) is 11. The van der Waals surface area contributed by atoms with E-state index >= 15 is 0 Å². The van der Waals surface area contributed by atoms with E-state index in [1.54, 1.807) is 0 Å². The number of aliphatic hydroxyl groups excluding tert-OH is 10. The molecule has 0 aliphatic carbocycles. The van der Waals surface area contributed by atoms with Crippen LogP contribution in [0.15, 0.2) is 0 Å². The molecule has 0 bridgehead atoms. The maximum Gasteiger partial charge on any atom is 0.249 e. The van der Waals surface area contributed by atoms with Gasteiger partial charge in [-0.15, -0.1) is 0 Å². The van der Waals surface area contributed by atoms with Crippen molar-refractivity contribution >= 4 is 5.91 Å². The number of amides is 1. The number of hydrogen-bond acceptors (Lipinski definition) is 15. The SMILES string of the molecule is CCCCCCCCCCCCCCCCCCCC(O)C(=O)NC(COC1OC(CO)C(O)C(O)C1OC1OC(CO)C(O)C(O)C1O)C(O)C(O)CCCCCCCCCCCCCC. The van der Waals surface area contributed by atoms with Crippen molar-refractivity contribution in [1.82, 2.24) is 5.32 Å². The second kappa shape index (κ2) is 38.6. The van der Waals surface area contributed by atoms with Crippen molar-refractivity contribution in [2.45, 2.75) is 299 Å². The molecule has 0 radical (unpaired) electrons. The second-order valence-electron chi connectivity index (χ2n) is 19.7. The highest BCUT2D eigenvalue weighted by Gasteiger charge is 2.51. The number of carbonyl (C=O) groups excluding carboxylic acids is 1. The number of aliphatic hydroxyl groups is 10. The lowest BCUT2D eigenvalue weighted by atomic mass is 9.97. The van der Waals surface area contributed by atoms with Gasteiger partial charge in [0.1, 0.15) is 61.0 Å². The predicted octanol–water partition coefficient (Wildman–Crippen LogP) is 5.33. The van der Waals surface area contributed by atoms with Gasteiger partial charge in [0.25, 0.3) is 0 Å². The lowest BCUT2D eigenvalue weighted by Gasteiger charge is -2.46. The predicted molar refractivity (Wildman–Crippen MR) is 257 cm³/mol. The molecule has 2 fully saturated rings. The number of nitrogens with one attached hydrogen (secondary N) is 1. The Morgan fingerprint density at radius 2 is 0.866 bits per heavy atom. The number of unbranched alkanes of at least 4 members (excludes halogenated alkanes) is 27. The van der Waals surface area contributed by atoms with Crippen molar-refractivity contribution in [1.29, 1.82) is 0 Å². The molecule has 1 amide bonds. The second-order valence-corrected chi connectivity index (χ2v) is 19.7. The number of ether oxygens (including phenoxy) is 4. The normalized spacial score (nSPS) is 27.5. The fourth-order valence-electron chi connectivity index (χ4n) is 9.20. The molecule has 0 aromatic rings. The topological polar surface area (TPSA) is 268 Å². The van der Waals surface area contributed by atoms with Crippen LogP contribution in [-0.2, 0) is 23.7 Å². The Balaban J connectivity index is 1.94. The molecular weight excluding hydrogens is 867 g/mol. The van der Waals surface area contributed by atoms with Gasteiger partial charge in [0.05, 0.1) is 32.0 Å². The van der Waals surface area contributed by atoms with Crippen LogP contribution in [0.4, 0.5) is 0 Å². The van der Waals surface area contributed by atoms with Crippen LogP contribution in [0.1, 0.15) is 213 Å². The zero-order valence-electron chi connectivity index (χ0n) is 41.6. The molecule has 398 valence electrons. The van der Waals surface area contributed by atoms with E-state index in [0.717, 1.165) is 51.4 Å². The van der Waals surface area contributed by atoms with E-state index < -0.39 is 111 Å². The summed E-state index contributed by atoms with van der Waals surface area (Å²) in [4.78, 5) is 13.4. The van der Waals surface area contributed by atoms with Gasteiger partial charge < -0.3 is 75.3 Å². The summed E-state index contributed by atoms with van der Waals surface area (Å²) >= 11 is 0. The summed E-state index contributed by atoms with van der Waals surface area (Å²) in [6.45, 7) is 2.40. The molecule has 0 aromatic carbocycles. The van der Waals surface area contributed by atoms with Gasteiger partial charge in [-0.05, 0) is 12.8 Å². The zero-order valence-corrected chi connectivity index (χ0v) is 41.6. The van der Waals surface area contributed by atoms with Crippen molar-refractivity contribution in [2.24, 2.45) is 0 Å². The highest BCUT2D eigenvalue weighted by molar-refractivity contribution is 5.80. The van der Waals surface area contributed by atoms with Crippen LogP contribution in [-0.4, -0.2) is 163 Å². The Morgan fingerprint density at radius 1 is 0.493 bits per heavy atom. The van der Waals surface area contributed by atoms with Gasteiger partial charge in [-0.25, -0.2) is 0 Å². The number of rotatable bonds is 42. The fourth-order valence-corrected chi connectivity index (χ4v) is 9.20. The summed E-state index contributed by atoms with van der Waals surface area (Å²) in [5, 5.41) is 109. The Hall–Kier alpha value is -1.09. The first-order valence-electron chi connectivity index (χ1n) is 27.0. The standard InChI is InChI=1S/C51H99NO15/c1-3-5-7-9-11-13-15-17-18-19-20-21-23-25-27-29-31-33-39(56)49(63)52-37(42(57)38(55)32-30-28-26-24-22-16-14-12-10-8-6-4-2)36-64-51-48(46(61)44(59)41(35-54)66-51)67-50-47(62)45(60)43(58)40(34-53)65-50/h37-48,50-51,53-62H,3-36H2,1-2H3,(H,52,63). The summed E-state index contributed by atoms with van der Waals surface area (Å²) in [5.41, 5.74) is 0. The van der Waals surface area contributed by atoms with E-state index in [2.05, 4.69) is 19.2 Å². The third-order valence-electron chi connectivity index (χ3n) is 13.8. The van der Waals surface area contributed by atoms with Gasteiger partial charge >= 0.3 is 0 Å². The fraction of sp³-hybridized carbons (Fsp3) is 0.980. The quantitative estimate of drug-likeness (QED) is 0.0346. The molecule has 0 spiro atoms. The minimum absolute atomic E-state index is 0.193. The summed E-state index contributed by atoms with van der Waals surface area (Å²) < 4.78 is 22.9. The third-order valence-corrected chi connectivity index (χ3v) is 13.8. The molecule has 0 saturated carbocycles. The summed E-state index contributed by atoms with van der Waals surface area (Å²) in [7, 11) is 0. The van der Waals surface area contributed by atoms with Crippen LogP contribution in [0.3, 0.4) is 0 Å². The maximum atomic E-state index is 13.4. The van der Waals surface area contributed by atoms with Crippen LogP contribution < -0.4 is 5.32 Å². The average molecular weight is 966 g/mol. The highest BCUT2D eigenvalue weighted by Crippen LogP contribution is 2.30. The summed E-state index contributed by atoms with van der Waals surface area (Å²) in [6.07, 6.45) is 13.5. The van der Waals surface area contributed by atoms with Crippen LogP contribution in [0.25, 0.3) is 0 Å². The average Bonchev–Trinajstić information content (AvgIpc) is 3.32. The molecule has 2 aliphatic heterocycles. The maximum absolute atomic E-state index is 13.4. The van der Waals surface area contributed by atoms with Crippen LogP contribution in [0.2, 0.25) is 0 Å². The van der Waals surface area contributed by atoms with Gasteiger partial charge in [-0.3, -0.25) is 4.79 Å². The number of carbonyl (C=O) groups is 1. The first-order chi connectivity index (χ1) is 32.4. The Morgan fingerprint density at radius 3 is 1.28 bits per heavy atom. The van der Waals surface area contributed by atoms with Gasteiger partial charge in [-0.2, -0.15) is 0 Å². The van der Waals surface area contributed by atoms with E-state index in [9.17, 15) is 55.9 Å². The van der Waals surface area contributed by atoms with E-state index in [0.29, 0.717) is 12.8 Å². The van der Waals surface area contributed by atoms with E-state index in [-0.39, 0.29) is 12.8 Å². The lowest BCUT2D eigenvalue weighted by molar-refractivity contribution is -0.368. The highest BCUT2D eigenvalue weighted by atomic mass is 16.8. The first kappa shape index (κ1) is 62.0. The van der Waals surface area contributed by atoms with E-state index in [1.807, 2.05) is 0 Å². The largest absolute Gasteiger partial charge is 0.394 e. The molecule has 67 heavy (non-hydrogen) atoms. The zero-order chi connectivity index (χ0) is 49.2. The monoisotopic (exact) mass is 966 g/mol. The smallest absolute Gasteiger partial charge is 0.249 e. The molecule has 16 heteroatoms. The first-order valence-corrected chi connectivity index (χ1v) is 27.0. The van der Waals surface area contributed by atoms with Gasteiger partial charge in [0, 0.05) is 0 Å². The molecule has 2 saturated heterocycles. The third kappa shape index (κ3) is 25.2. The van der Waals surface area contributed by atoms with Crippen molar-refractivity contribution in [3.63, 3.8) is 0 Å². The Labute approximate surface area is 403 Å². The van der Waals surface area contributed by atoms with Crippen molar-refractivity contribution in [2.75, 3.05) is 19.8 Å². The van der Waals surface area contributed by atoms with Crippen molar-refractivity contribution in [3.05, 3.63) is 0 Å². The Bertz CT molecular complexity index is 1170. The molecule has 16 nitrogen and oxygen atoms in total. The van der Waals surface area contributed by atoms with Crippen LogP contribution in [0.5, 0.6) is 0 Å². The molecule has 2 heterocycles. The molecule has 14 atom stereocenters. The van der Waals surface area contributed by atoms with Crippen molar-refractivity contribution in [3.8, 4) is 0 Å². The Kier molecular flexibility index (Phi) is 35.7. The van der Waals surface area contributed by atoms with Gasteiger partial charge in [-0.1, -0.05) is 200 Å². The summed E-state index contributed by atoms with van der Waals surface area (Å²) in [6, 6.07) is -1.31. The minimum Gasteiger partial charge on any atom is -0.394 e. The van der Waals surface area contributed by atoms with Crippen LogP contribution in [0, 0.1) is 0 Å². The lowest BCUT2D eigenvalue weighted by Crippen LogP contribution is -2.65.